The van der Waals surface area contributed by atoms with Crippen LogP contribution in [0.15, 0.2) is 0 Å². The van der Waals surface area contributed by atoms with Crippen LogP contribution >= 0.6 is 0 Å². The van der Waals surface area contributed by atoms with Gasteiger partial charge in [-0.15, -0.1) is 0 Å². The van der Waals surface area contributed by atoms with Gasteiger partial charge in [0.1, 0.15) is 0 Å². The zero-order valence-corrected chi connectivity index (χ0v) is 8.40. The Morgan fingerprint density at radius 1 is 1.29 bits per heavy atom. The topological polar surface area (TPSA) is 82.1 Å². The highest BCUT2D eigenvalue weighted by Crippen LogP contribution is 2.18. The Bertz CT molecular complexity index is 214. The van der Waals surface area contributed by atoms with Crippen LogP contribution in [0, 0.1) is 0 Å². The van der Waals surface area contributed by atoms with Crippen molar-refractivity contribution < 1.29 is 28.9 Å². The average Bonchev–Trinajstić information content (AvgIpc) is 2.02. The van der Waals surface area contributed by atoms with E-state index in [0.717, 1.165) is 0 Å². The fourth-order valence-electron chi connectivity index (χ4n) is 0.673. The first-order valence-corrected chi connectivity index (χ1v) is 4.21. The van der Waals surface area contributed by atoms with E-state index in [1.54, 1.807) is 13.8 Å². The zero-order valence-electron chi connectivity index (χ0n) is 8.40. The summed E-state index contributed by atoms with van der Waals surface area (Å²) in [5.41, 5.74) is 0. The number of carboxylic acid groups (broad SMARTS) is 1. The molecule has 0 saturated heterocycles. The van der Waals surface area contributed by atoms with Crippen molar-refractivity contribution in [3.63, 3.8) is 0 Å². The van der Waals surface area contributed by atoms with Crippen molar-refractivity contribution in [2.45, 2.75) is 33.0 Å². The smallest absolute Gasteiger partial charge is 0.450 e. The summed E-state index contributed by atoms with van der Waals surface area (Å²) < 4.78 is 13.6. The van der Waals surface area contributed by atoms with E-state index in [4.69, 9.17) is 5.11 Å². The Morgan fingerprint density at radius 2 is 1.86 bits per heavy atom. The molecule has 1 N–H and O–H groups in total. The fourth-order valence-corrected chi connectivity index (χ4v) is 0.673. The number of carbonyl (C=O) groups is 2. The third kappa shape index (κ3) is 4.54. The normalized spacial score (nSPS) is 13.9. The summed E-state index contributed by atoms with van der Waals surface area (Å²) in [4.78, 5) is 21.1. The third-order valence-corrected chi connectivity index (χ3v) is 1.51. The molecule has 82 valence electrons. The summed E-state index contributed by atoms with van der Waals surface area (Å²) in [5, 5.41) is 8.37. The molecule has 0 aliphatic carbocycles. The minimum absolute atomic E-state index is 0.158. The number of ether oxygens (including phenoxy) is 3. The fraction of sp³-hybridized carbons (Fsp3) is 0.750. The minimum atomic E-state index is -1.50. The molecule has 1 atom stereocenters. The molecular weight excluding hydrogens is 192 g/mol. The van der Waals surface area contributed by atoms with Gasteiger partial charge in [0.2, 0.25) is 0 Å². The molecule has 0 radical (unpaired) electrons. The number of hydrogen-bond acceptors (Lipinski definition) is 5. The van der Waals surface area contributed by atoms with Crippen molar-refractivity contribution in [3.8, 4) is 0 Å². The maximum absolute atomic E-state index is 10.9. The molecule has 14 heavy (non-hydrogen) atoms. The molecule has 6 nitrogen and oxygen atoms in total. The van der Waals surface area contributed by atoms with Crippen LogP contribution in [0.5, 0.6) is 0 Å². The summed E-state index contributed by atoms with van der Waals surface area (Å²) in [6, 6.07) is 0. The summed E-state index contributed by atoms with van der Waals surface area (Å²) >= 11 is 0. The largest absolute Gasteiger partial charge is 0.511 e. The molecule has 0 aromatic rings. The highest BCUT2D eigenvalue weighted by molar-refractivity contribution is 5.61. The second-order valence-electron chi connectivity index (χ2n) is 2.64. The summed E-state index contributed by atoms with van der Waals surface area (Å²) in [5.74, 6) is -1.49. The van der Waals surface area contributed by atoms with Crippen molar-refractivity contribution in [3.05, 3.63) is 0 Å². The first kappa shape index (κ1) is 12.5. The van der Waals surface area contributed by atoms with Crippen LogP contribution in [0.25, 0.3) is 0 Å². The Morgan fingerprint density at radius 3 is 2.21 bits per heavy atom. The van der Waals surface area contributed by atoms with Crippen molar-refractivity contribution >= 4 is 12.3 Å². The molecule has 0 amide bonds. The monoisotopic (exact) mass is 206 g/mol. The molecule has 0 heterocycles. The molecule has 0 aromatic carbocycles. The van der Waals surface area contributed by atoms with Crippen molar-refractivity contribution in [2.24, 2.45) is 0 Å². The SMILES string of the molecule is CCOC(=O)OC(C)(CC)OC(=O)O. The molecule has 0 spiro atoms. The first-order valence-electron chi connectivity index (χ1n) is 4.21. The van der Waals surface area contributed by atoms with Crippen LogP contribution < -0.4 is 0 Å². The second-order valence-corrected chi connectivity index (χ2v) is 2.64. The van der Waals surface area contributed by atoms with Crippen LogP contribution in [0.3, 0.4) is 0 Å². The Hall–Kier alpha value is -1.46. The highest BCUT2D eigenvalue weighted by atomic mass is 16.8. The molecule has 6 heteroatoms. The van der Waals surface area contributed by atoms with E-state index in [2.05, 4.69) is 14.2 Å². The van der Waals surface area contributed by atoms with Crippen LogP contribution in [0.2, 0.25) is 0 Å². The predicted octanol–water partition coefficient (Wildman–Crippen LogP) is 1.98. The van der Waals surface area contributed by atoms with Crippen LogP contribution in [0.1, 0.15) is 27.2 Å². The maximum atomic E-state index is 10.9. The van der Waals surface area contributed by atoms with Gasteiger partial charge in [-0.2, -0.15) is 0 Å². The van der Waals surface area contributed by atoms with E-state index < -0.39 is 18.1 Å². The van der Waals surface area contributed by atoms with Gasteiger partial charge in [0.25, 0.3) is 5.79 Å². The van der Waals surface area contributed by atoms with Gasteiger partial charge in [0.05, 0.1) is 6.61 Å². The number of hydrogen-bond donors (Lipinski definition) is 1. The van der Waals surface area contributed by atoms with Crippen LogP contribution in [0.4, 0.5) is 9.59 Å². The second kappa shape index (κ2) is 5.31. The summed E-state index contributed by atoms with van der Waals surface area (Å²) in [6.45, 7) is 4.74. The number of rotatable bonds is 4. The lowest BCUT2D eigenvalue weighted by molar-refractivity contribution is -0.175. The van der Waals surface area contributed by atoms with Crippen molar-refractivity contribution in [1.82, 2.24) is 0 Å². The van der Waals surface area contributed by atoms with Gasteiger partial charge in [-0.05, 0) is 6.92 Å². The lowest BCUT2D eigenvalue weighted by Gasteiger charge is -2.25. The van der Waals surface area contributed by atoms with E-state index >= 15 is 0 Å². The van der Waals surface area contributed by atoms with Gasteiger partial charge < -0.3 is 19.3 Å². The molecule has 0 bridgehead atoms. The van der Waals surface area contributed by atoms with E-state index in [1.165, 1.54) is 6.92 Å². The molecule has 0 saturated carbocycles. The van der Waals surface area contributed by atoms with Gasteiger partial charge in [0.15, 0.2) is 0 Å². The van der Waals surface area contributed by atoms with Gasteiger partial charge >= 0.3 is 12.3 Å². The summed E-state index contributed by atoms with van der Waals surface area (Å²) in [7, 11) is 0. The summed E-state index contributed by atoms with van der Waals surface area (Å²) in [6.07, 6.45) is -2.24. The molecule has 0 rings (SSSR count). The van der Waals surface area contributed by atoms with E-state index in [9.17, 15) is 9.59 Å². The highest BCUT2D eigenvalue weighted by Gasteiger charge is 2.32. The Labute approximate surface area is 81.8 Å². The average molecular weight is 206 g/mol. The quantitative estimate of drug-likeness (QED) is 0.559. The van der Waals surface area contributed by atoms with Gasteiger partial charge in [-0.1, -0.05) is 6.92 Å². The van der Waals surface area contributed by atoms with Gasteiger partial charge in [-0.3, -0.25) is 0 Å². The van der Waals surface area contributed by atoms with Crippen LogP contribution in [-0.2, 0) is 14.2 Å². The van der Waals surface area contributed by atoms with E-state index in [0.29, 0.717) is 0 Å². The van der Waals surface area contributed by atoms with E-state index in [1.807, 2.05) is 0 Å². The van der Waals surface area contributed by atoms with Crippen molar-refractivity contribution in [2.75, 3.05) is 6.61 Å². The standard InChI is InChI=1S/C8H14O6/c1-4-8(3,13-6(9)10)14-7(11)12-5-2/h4-5H2,1-3H3,(H,9,10). The van der Waals surface area contributed by atoms with E-state index in [-0.39, 0.29) is 13.0 Å². The van der Waals surface area contributed by atoms with Gasteiger partial charge in [0, 0.05) is 13.3 Å². The number of carbonyl (C=O) groups excluding carboxylic acids is 1. The Kier molecular flexibility index (Phi) is 4.76. The minimum Gasteiger partial charge on any atom is -0.450 e. The van der Waals surface area contributed by atoms with Crippen molar-refractivity contribution in [1.29, 1.82) is 0 Å². The van der Waals surface area contributed by atoms with Crippen LogP contribution in [-0.4, -0.2) is 29.8 Å². The molecule has 0 fully saturated rings. The Balaban J connectivity index is 4.24. The maximum Gasteiger partial charge on any atom is 0.511 e. The molecule has 0 aliphatic rings. The molecule has 0 aromatic heterocycles. The van der Waals surface area contributed by atoms with Gasteiger partial charge in [-0.25, -0.2) is 9.59 Å². The first-order chi connectivity index (χ1) is 6.43. The lowest BCUT2D eigenvalue weighted by atomic mass is 10.2. The molecule has 0 aliphatic heterocycles. The lowest BCUT2D eigenvalue weighted by Crippen LogP contribution is -2.36. The molecule has 1 unspecified atom stereocenters. The zero-order chi connectivity index (χ0) is 11.2. The predicted molar refractivity (Wildman–Crippen MR) is 45.9 cm³/mol. The third-order valence-electron chi connectivity index (χ3n) is 1.51. The molecular formula is C8H14O6.